The Kier molecular flexibility index (Phi) is 7.25. The van der Waals surface area contributed by atoms with Gasteiger partial charge in [0.15, 0.2) is 5.82 Å². The maximum absolute atomic E-state index is 5.39. The van der Waals surface area contributed by atoms with Gasteiger partial charge in [0.25, 0.3) is 0 Å². The van der Waals surface area contributed by atoms with Gasteiger partial charge in [-0.3, -0.25) is 0 Å². The van der Waals surface area contributed by atoms with E-state index in [9.17, 15) is 0 Å². The molecule has 1 aromatic rings. The van der Waals surface area contributed by atoms with Crippen LogP contribution in [-0.4, -0.2) is 62.8 Å². The molecule has 0 saturated carbocycles. The number of anilines is 2. The fourth-order valence-electron chi connectivity index (χ4n) is 1.80. The first-order chi connectivity index (χ1) is 9.56. The third-order valence-electron chi connectivity index (χ3n) is 2.94. The third kappa shape index (κ3) is 5.71. The van der Waals surface area contributed by atoms with Gasteiger partial charge in [-0.05, 0) is 34.0 Å². The molecule has 0 bridgehead atoms. The van der Waals surface area contributed by atoms with Crippen molar-refractivity contribution in [3.05, 3.63) is 11.9 Å². The van der Waals surface area contributed by atoms with E-state index in [1.165, 1.54) is 0 Å². The highest BCUT2D eigenvalue weighted by atomic mass is 16.5. The van der Waals surface area contributed by atoms with Crippen molar-refractivity contribution in [2.75, 3.05) is 58.1 Å². The lowest BCUT2D eigenvalue weighted by atomic mass is 10.3. The summed E-state index contributed by atoms with van der Waals surface area (Å²) in [7, 11) is 8.10. The minimum absolute atomic E-state index is 0.449. The Morgan fingerprint density at radius 1 is 1.20 bits per heavy atom. The first-order valence-electron chi connectivity index (χ1n) is 7.06. The van der Waals surface area contributed by atoms with Crippen molar-refractivity contribution in [2.24, 2.45) is 0 Å². The topological polar surface area (TPSA) is 53.5 Å². The van der Waals surface area contributed by atoms with Gasteiger partial charge in [0.2, 0.25) is 0 Å². The smallest absolute Gasteiger partial charge is 0.158 e. The summed E-state index contributed by atoms with van der Waals surface area (Å²) in [5.41, 5.74) is 0. The van der Waals surface area contributed by atoms with Crippen molar-refractivity contribution >= 4 is 11.6 Å². The molecule has 1 rings (SSSR count). The molecule has 0 aromatic carbocycles. The van der Waals surface area contributed by atoms with E-state index < -0.39 is 0 Å². The van der Waals surface area contributed by atoms with E-state index in [-0.39, 0.29) is 0 Å². The SMILES string of the molecule is CCOCc1nc(NC)cc(N(C)CCCN(C)C)n1. The number of hydrogen-bond acceptors (Lipinski definition) is 6. The summed E-state index contributed by atoms with van der Waals surface area (Å²) in [6, 6.07) is 1.96. The van der Waals surface area contributed by atoms with Crippen molar-refractivity contribution in [3.63, 3.8) is 0 Å². The molecule has 0 aliphatic heterocycles. The lowest BCUT2D eigenvalue weighted by Crippen LogP contribution is -2.24. The second-order valence-electron chi connectivity index (χ2n) is 4.99. The van der Waals surface area contributed by atoms with Crippen LogP contribution in [-0.2, 0) is 11.3 Å². The van der Waals surface area contributed by atoms with Crippen molar-refractivity contribution in [1.29, 1.82) is 0 Å². The van der Waals surface area contributed by atoms with Gasteiger partial charge in [0.05, 0.1) is 0 Å². The molecule has 0 aliphatic carbocycles. The van der Waals surface area contributed by atoms with Crippen molar-refractivity contribution in [2.45, 2.75) is 20.0 Å². The van der Waals surface area contributed by atoms with Gasteiger partial charge < -0.3 is 19.9 Å². The Hall–Kier alpha value is -1.40. The largest absolute Gasteiger partial charge is 0.374 e. The van der Waals surface area contributed by atoms with Gasteiger partial charge >= 0.3 is 0 Å². The van der Waals surface area contributed by atoms with Gasteiger partial charge in [0.1, 0.15) is 18.2 Å². The van der Waals surface area contributed by atoms with Gasteiger partial charge in [-0.1, -0.05) is 0 Å². The second kappa shape index (κ2) is 8.71. The summed E-state index contributed by atoms with van der Waals surface area (Å²) >= 11 is 0. The third-order valence-corrected chi connectivity index (χ3v) is 2.94. The van der Waals surface area contributed by atoms with Crippen LogP contribution in [0.25, 0.3) is 0 Å². The zero-order valence-electron chi connectivity index (χ0n) is 13.3. The molecular weight excluding hydrogens is 254 g/mol. The van der Waals surface area contributed by atoms with Crippen LogP contribution in [0.4, 0.5) is 11.6 Å². The maximum Gasteiger partial charge on any atom is 0.158 e. The molecule has 0 unspecified atom stereocenters. The lowest BCUT2D eigenvalue weighted by Gasteiger charge is -2.20. The van der Waals surface area contributed by atoms with Crippen molar-refractivity contribution in [3.8, 4) is 0 Å². The first-order valence-corrected chi connectivity index (χ1v) is 7.06. The summed E-state index contributed by atoms with van der Waals surface area (Å²) in [6.07, 6.45) is 1.10. The predicted molar refractivity (Wildman–Crippen MR) is 83.3 cm³/mol. The fraction of sp³-hybridized carbons (Fsp3) is 0.714. The number of rotatable bonds is 9. The summed E-state index contributed by atoms with van der Waals surface area (Å²) in [5.74, 6) is 2.47. The fourth-order valence-corrected chi connectivity index (χ4v) is 1.80. The van der Waals surface area contributed by atoms with Crippen LogP contribution in [0.1, 0.15) is 19.2 Å². The number of hydrogen-bond donors (Lipinski definition) is 1. The Morgan fingerprint density at radius 3 is 2.55 bits per heavy atom. The highest BCUT2D eigenvalue weighted by Crippen LogP contribution is 2.15. The van der Waals surface area contributed by atoms with Gasteiger partial charge in [0, 0.05) is 33.3 Å². The van der Waals surface area contributed by atoms with E-state index in [4.69, 9.17) is 4.74 Å². The zero-order chi connectivity index (χ0) is 15.0. The average molecular weight is 281 g/mol. The Bertz CT molecular complexity index is 397. The Morgan fingerprint density at radius 2 is 1.95 bits per heavy atom. The van der Waals surface area contributed by atoms with Crippen molar-refractivity contribution in [1.82, 2.24) is 14.9 Å². The minimum atomic E-state index is 0.449. The van der Waals surface area contributed by atoms with Gasteiger partial charge in [-0.15, -0.1) is 0 Å². The Labute approximate surface area is 122 Å². The quantitative estimate of drug-likeness (QED) is 0.739. The van der Waals surface area contributed by atoms with E-state index >= 15 is 0 Å². The molecule has 1 heterocycles. The first kappa shape index (κ1) is 16.7. The van der Waals surface area contributed by atoms with E-state index in [1.54, 1.807) is 0 Å². The molecule has 1 aromatic heterocycles. The van der Waals surface area contributed by atoms with Gasteiger partial charge in [-0.25, -0.2) is 9.97 Å². The molecular formula is C14H27N5O. The molecule has 0 radical (unpaired) electrons. The number of nitrogens with zero attached hydrogens (tertiary/aromatic N) is 4. The average Bonchev–Trinajstić information content (AvgIpc) is 2.44. The molecule has 6 heteroatoms. The predicted octanol–water partition coefficient (Wildman–Crippen LogP) is 1.44. The minimum Gasteiger partial charge on any atom is -0.374 e. The molecule has 0 aliphatic rings. The van der Waals surface area contributed by atoms with E-state index in [1.807, 2.05) is 20.0 Å². The van der Waals surface area contributed by atoms with E-state index in [2.05, 4.69) is 46.2 Å². The monoisotopic (exact) mass is 281 g/mol. The summed E-state index contributed by atoms with van der Waals surface area (Å²) in [6.45, 7) is 5.12. The van der Waals surface area contributed by atoms with Crippen LogP contribution in [0.15, 0.2) is 6.07 Å². The number of ether oxygens (including phenoxy) is 1. The normalized spacial score (nSPS) is 10.9. The van der Waals surface area contributed by atoms with Crippen LogP contribution >= 0.6 is 0 Å². The van der Waals surface area contributed by atoms with Crippen LogP contribution < -0.4 is 10.2 Å². The van der Waals surface area contributed by atoms with Crippen LogP contribution in [0, 0.1) is 0 Å². The summed E-state index contributed by atoms with van der Waals surface area (Å²) in [4.78, 5) is 13.3. The second-order valence-corrected chi connectivity index (χ2v) is 4.99. The van der Waals surface area contributed by atoms with Gasteiger partial charge in [-0.2, -0.15) is 0 Å². The summed E-state index contributed by atoms with van der Waals surface area (Å²) in [5, 5.41) is 3.07. The Balaban J connectivity index is 2.70. The standard InChI is InChI=1S/C14H27N5O/c1-6-20-11-13-16-12(15-2)10-14(17-13)19(5)9-7-8-18(3)4/h10H,6-9,11H2,1-5H3,(H,15,16,17). The highest BCUT2D eigenvalue weighted by molar-refractivity contribution is 5.48. The molecule has 1 N–H and O–H groups in total. The van der Waals surface area contributed by atoms with Crippen LogP contribution in [0.2, 0.25) is 0 Å². The maximum atomic E-state index is 5.39. The number of aromatic nitrogens is 2. The van der Waals surface area contributed by atoms with Crippen molar-refractivity contribution < 1.29 is 4.74 Å². The molecule has 114 valence electrons. The number of nitrogens with one attached hydrogen (secondary N) is 1. The zero-order valence-corrected chi connectivity index (χ0v) is 13.3. The lowest BCUT2D eigenvalue weighted by molar-refractivity contribution is 0.128. The van der Waals surface area contributed by atoms with Crippen LogP contribution in [0.3, 0.4) is 0 Å². The molecule has 0 saturated heterocycles. The van der Waals surface area contributed by atoms with E-state index in [0.29, 0.717) is 19.0 Å². The molecule has 0 spiro atoms. The summed E-state index contributed by atoms with van der Waals surface area (Å²) < 4.78 is 5.39. The highest BCUT2D eigenvalue weighted by Gasteiger charge is 2.08. The molecule has 0 fully saturated rings. The van der Waals surface area contributed by atoms with E-state index in [0.717, 1.165) is 31.1 Å². The molecule has 6 nitrogen and oxygen atoms in total. The molecule has 0 atom stereocenters. The van der Waals surface area contributed by atoms with Crippen LogP contribution in [0.5, 0.6) is 0 Å². The molecule has 0 amide bonds. The molecule has 20 heavy (non-hydrogen) atoms.